The van der Waals surface area contributed by atoms with Crippen LogP contribution in [0.1, 0.15) is 33.0 Å². The predicted molar refractivity (Wildman–Crippen MR) is 68.7 cm³/mol. The Balaban J connectivity index is 2.89. The third-order valence-electron chi connectivity index (χ3n) is 2.66. The molecule has 1 unspecified atom stereocenters. The highest BCUT2D eigenvalue weighted by atomic mass is 16.4. The Morgan fingerprint density at radius 1 is 1.56 bits per heavy atom. The Morgan fingerprint density at radius 3 is 2.72 bits per heavy atom. The van der Waals surface area contributed by atoms with Gasteiger partial charge in [-0.05, 0) is 5.92 Å². The molecule has 0 spiro atoms. The van der Waals surface area contributed by atoms with E-state index in [0.717, 1.165) is 0 Å². The van der Waals surface area contributed by atoms with Gasteiger partial charge in [0, 0.05) is 18.5 Å². The van der Waals surface area contributed by atoms with Crippen molar-refractivity contribution in [2.45, 2.75) is 39.7 Å². The van der Waals surface area contributed by atoms with E-state index in [1.165, 1.54) is 6.07 Å². The first-order valence-electron chi connectivity index (χ1n) is 6.01. The Bertz CT molecular complexity index is 468. The third-order valence-corrected chi connectivity index (χ3v) is 2.66. The Labute approximate surface area is 105 Å². The van der Waals surface area contributed by atoms with E-state index < -0.39 is 5.97 Å². The Morgan fingerprint density at radius 2 is 2.22 bits per heavy atom. The number of H-pyrrole nitrogens is 1. The maximum absolute atomic E-state index is 11.4. The second-order valence-corrected chi connectivity index (χ2v) is 4.52. The van der Waals surface area contributed by atoms with Crippen molar-refractivity contribution < 1.29 is 9.90 Å². The van der Waals surface area contributed by atoms with Gasteiger partial charge in [-0.15, -0.1) is 0 Å². The lowest BCUT2D eigenvalue weighted by molar-refractivity contribution is -0.137. The molecule has 0 amide bonds. The number of hydrogen-bond donors (Lipinski definition) is 3. The third kappa shape index (κ3) is 4.20. The van der Waals surface area contributed by atoms with Gasteiger partial charge in [-0.1, -0.05) is 20.8 Å². The van der Waals surface area contributed by atoms with Gasteiger partial charge >= 0.3 is 5.97 Å². The first kappa shape index (κ1) is 14.2. The molecular weight excluding hydrogens is 234 g/mol. The summed E-state index contributed by atoms with van der Waals surface area (Å²) in [4.78, 5) is 29.0. The fraction of sp³-hybridized carbons (Fsp3) is 0.583. The smallest absolute Gasteiger partial charge is 0.305 e. The zero-order chi connectivity index (χ0) is 13.7. The van der Waals surface area contributed by atoms with Crippen molar-refractivity contribution >= 4 is 11.8 Å². The predicted octanol–water partition coefficient (Wildman–Crippen LogP) is 1.24. The fourth-order valence-electron chi connectivity index (χ4n) is 1.58. The molecule has 0 aliphatic carbocycles. The molecule has 0 aromatic carbocycles. The summed E-state index contributed by atoms with van der Waals surface area (Å²) in [5.74, 6) is 0.271. The van der Waals surface area contributed by atoms with Gasteiger partial charge in [-0.3, -0.25) is 9.59 Å². The van der Waals surface area contributed by atoms with Crippen LogP contribution in [0.15, 0.2) is 10.9 Å². The van der Waals surface area contributed by atoms with Gasteiger partial charge in [0.25, 0.3) is 5.56 Å². The van der Waals surface area contributed by atoms with Crippen LogP contribution in [-0.4, -0.2) is 27.1 Å². The zero-order valence-electron chi connectivity index (χ0n) is 10.9. The first-order valence-corrected chi connectivity index (χ1v) is 6.01. The van der Waals surface area contributed by atoms with E-state index in [1.54, 1.807) is 0 Å². The van der Waals surface area contributed by atoms with Crippen molar-refractivity contribution in [2.75, 3.05) is 5.32 Å². The Kier molecular flexibility index (Phi) is 4.88. The van der Waals surface area contributed by atoms with E-state index in [4.69, 9.17) is 5.11 Å². The topological polar surface area (TPSA) is 95.1 Å². The van der Waals surface area contributed by atoms with Gasteiger partial charge in [0.15, 0.2) is 0 Å². The van der Waals surface area contributed by atoms with E-state index in [1.807, 2.05) is 20.8 Å². The maximum atomic E-state index is 11.4. The summed E-state index contributed by atoms with van der Waals surface area (Å²) in [5.41, 5.74) is -0.234. The quantitative estimate of drug-likeness (QED) is 0.709. The largest absolute Gasteiger partial charge is 0.481 e. The van der Waals surface area contributed by atoms with Crippen LogP contribution in [0.5, 0.6) is 0 Å². The minimum atomic E-state index is -0.873. The molecular formula is C12H19N3O3. The number of carbonyl (C=O) groups is 1. The molecule has 6 heteroatoms. The van der Waals surface area contributed by atoms with Crippen molar-refractivity contribution in [1.82, 2.24) is 9.97 Å². The minimum Gasteiger partial charge on any atom is -0.481 e. The SMILES string of the molecule is CCc1nc(NC(CC(=O)O)C(C)C)cc(=O)[nH]1. The molecule has 1 aromatic heterocycles. The van der Waals surface area contributed by atoms with Crippen LogP contribution in [0.4, 0.5) is 5.82 Å². The number of hydrogen-bond acceptors (Lipinski definition) is 4. The molecule has 0 aliphatic heterocycles. The summed E-state index contributed by atoms with van der Waals surface area (Å²) >= 11 is 0. The summed E-state index contributed by atoms with van der Waals surface area (Å²) in [6.45, 7) is 5.74. The molecule has 1 heterocycles. The van der Waals surface area contributed by atoms with Crippen molar-refractivity contribution in [2.24, 2.45) is 5.92 Å². The van der Waals surface area contributed by atoms with Crippen LogP contribution in [-0.2, 0) is 11.2 Å². The first-order chi connectivity index (χ1) is 8.42. The van der Waals surface area contributed by atoms with Gasteiger partial charge < -0.3 is 15.4 Å². The number of carboxylic acids is 1. The van der Waals surface area contributed by atoms with Gasteiger partial charge in [-0.2, -0.15) is 0 Å². The Hall–Kier alpha value is -1.85. The highest BCUT2D eigenvalue weighted by molar-refractivity contribution is 5.68. The summed E-state index contributed by atoms with van der Waals surface area (Å²) in [7, 11) is 0. The second-order valence-electron chi connectivity index (χ2n) is 4.52. The highest BCUT2D eigenvalue weighted by Gasteiger charge is 2.17. The zero-order valence-corrected chi connectivity index (χ0v) is 10.9. The monoisotopic (exact) mass is 253 g/mol. The number of aryl methyl sites for hydroxylation is 1. The fourth-order valence-corrected chi connectivity index (χ4v) is 1.58. The summed E-state index contributed by atoms with van der Waals surface area (Å²) in [5, 5.41) is 11.9. The molecule has 3 N–H and O–H groups in total. The normalized spacial score (nSPS) is 12.4. The van der Waals surface area contributed by atoms with Gasteiger partial charge in [0.2, 0.25) is 0 Å². The maximum Gasteiger partial charge on any atom is 0.305 e. The van der Waals surface area contributed by atoms with Crippen molar-refractivity contribution in [3.8, 4) is 0 Å². The number of nitrogens with zero attached hydrogens (tertiary/aromatic N) is 1. The van der Waals surface area contributed by atoms with Crippen LogP contribution >= 0.6 is 0 Å². The highest BCUT2D eigenvalue weighted by Crippen LogP contribution is 2.12. The van der Waals surface area contributed by atoms with Crippen LogP contribution in [0.25, 0.3) is 0 Å². The number of rotatable bonds is 6. The molecule has 18 heavy (non-hydrogen) atoms. The molecule has 0 saturated heterocycles. The standard InChI is InChI=1S/C12H19N3O3/c1-4-9-14-10(6-11(16)15-9)13-8(7(2)3)5-12(17)18/h6-8H,4-5H2,1-3H3,(H,17,18)(H2,13,14,15,16). The summed E-state index contributed by atoms with van der Waals surface area (Å²) in [6.07, 6.45) is 0.615. The number of aromatic nitrogens is 2. The average molecular weight is 253 g/mol. The van der Waals surface area contributed by atoms with E-state index >= 15 is 0 Å². The van der Waals surface area contributed by atoms with Crippen LogP contribution in [0, 0.1) is 5.92 Å². The molecule has 0 fully saturated rings. The molecule has 100 valence electrons. The van der Waals surface area contributed by atoms with Crippen LogP contribution in [0.2, 0.25) is 0 Å². The molecule has 0 aliphatic rings. The molecule has 0 bridgehead atoms. The lowest BCUT2D eigenvalue weighted by Crippen LogP contribution is -2.30. The van der Waals surface area contributed by atoms with Crippen LogP contribution in [0.3, 0.4) is 0 Å². The molecule has 0 saturated carbocycles. The van der Waals surface area contributed by atoms with Crippen molar-refractivity contribution in [3.05, 3.63) is 22.2 Å². The van der Waals surface area contributed by atoms with Crippen LogP contribution < -0.4 is 10.9 Å². The van der Waals surface area contributed by atoms with E-state index in [0.29, 0.717) is 18.1 Å². The van der Waals surface area contributed by atoms with E-state index in [9.17, 15) is 9.59 Å². The van der Waals surface area contributed by atoms with Crippen molar-refractivity contribution in [3.63, 3.8) is 0 Å². The number of anilines is 1. The number of aromatic amines is 1. The number of aliphatic carboxylic acids is 1. The van der Waals surface area contributed by atoms with Crippen molar-refractivity contribution in [1.29, 1.82) is 0 Å². The van der Waals surface area contributed by atoms with Gasteiger partial charge in [0.1, 0.15) is 11.6 Å². The number of nitrogens with one attached hydrogen (secondary N) is 2. The molecule has 1 aromatic rings. The number of carboxylic acid groups (broad SMARTS) is 1. The second kappa shape index (κ2) is 6.18. The lowest BCUT2D eigenvalue weighted by atomic mass is 10.0. The van der Waals surface area contributed by atoms with Gasteiger partial charge in [-0.25, -0.2) is 4.98 Å². The van der Waals surface area contributed by atoms with Gasteiger partial charge in [0.05, 0.1) is 6.42 Å². The lowest BCUT2D eigenvalue weighted by Gasteiger charge is -2.21. The molecule has 1 rings (SSSR count). The summed E-state index contributed by atoms with van der Waals surface area (Å²) in [6, 6.07) is 1.10. The molecule has 1 atom stereocenters. The van der Waals surface area contributed by atoms with E-state index in [2.05, 4.69) is 15.3 Å². The average Bonchev–Trinajstić information content (AvgIpc) is 2.26. The van der Waals surface area contributed by atoms with E-state index in [-0.39, 0.29) is 23.9 Å². The molecule has 0 radical (unpaired) electrons. The minimum absolute atomic E-state index is 0.00635. The molecule has 6 nitrogen and oxygen atoms in total. The summed E-state index contributed by atoms with van der Waals surface area (Å²) < 4.78 is 0.